The number of anilines is 1. The van der Waals surface area contributed by atoms with Gasteiger partial charge < -0.3 is 14.5 Å². The van der Waals surface area contributed by atoms with Crippen molar-refractivity contribution in [3.05, 3.63) is 70.1 Å². The molecule has 0 radical (unpaired) electrons. The summed E-state index contributed by atoms with van der Waals surface area (Å²) in [7, 11) is 0. The van der Waals surface area contributed by atoms with Crippen LogP contribution in [0.15, 0.2) is 57.7 Å². The lowest BCUT2D eigenvalue weighted by Crippen LogP contribution is -2.21. The van der Waals surface area contributed by atoms with Crippen molar-refractivity contribution in [1.29, 1.82) is 0 Å². The van der Waals surface area contributed by atoms with Crippen molar-refractivity contribution in [2.75, 3.05) is 11.9 Å². The molecule has 0 fully saturated rings. The van der Waals surface area contributed by atoms with Crippen LogP contribution in [0.3, 0.4) is 0 Å². The van der Waals surface area contributed by atoms with Gasteiger partial charge in [-0.2, -0.15) is 0 Å². The summed E-state index contributed by atoms with van der Waals surface area (Å²) < 4.78 is 10.7. The Bertz CT molecular complexity index is 1070. The predicted molar refractivity (Wildman–Crippen MR) is 102 cm³/mol. The number of aryl methyl sites for hydroxylation is 1. The summed E-state index contributed by atoms with van der Waals surface area (Å²) in [6.07, 6.45) is 0.709. The molecule has 0 saturated heterocycles. The lowest BCUT2D eigenvalue weighted by molar-refractivity contribution is -0.118. The molecule has 0 aliphatic heterocycles. The van der Waals surface area contributed by atoms with Crippen molar-refractivity contribution in [3.8, 4) is 5.75 Å². The average molecular weight is 365 g/mol. The second-order valence-electron chi connectivity index (χ2n) is 6.04. The molecule has 0 bridgehead atoms. The van der Waals surface area contributed by atoms with Crippen molar-refractivity contribution >= 4 is 28.3 Å². The van der Waals surface area contributed by atoms with Gasteiger partial charge in [-0.3, -0.25) is 9.59 Å². The summed E-state index contributed by atoms with van der Waals surface area (Å²) in [6, 6.07) is 13.4. The third-order valence-corrected chi connectivity index (χ3v) is 4.13. The SMILES string of the molecule is CCc1cc(=O)oc2cc(OCC(=O)Nc3ccccc3C(C)=O)ccc12. The summed E-state index contributed by atoms with van der Waals surface area (Å²) in [4.78, 5) is 35.4. The minimum Gasteiger partial charge on any atom is -0.484 e. The van der Waals surface area contributed by atoms with E-state index in [9.17, 15) is 14.4 Å². The molecule has 0 aliphatic rings. The van der Waals surface area contributed by atoms with Crippen molar-refractivity contribution < 1.29 is 18.7 Å². The van der Waals surface area contributed by atoms with Crippen LogP contribution in [0.2, 0.25) is 0 Å². The zero-order valence-electron chi connectivity index (χ0n) is 15.1. The molecule has 1 heterocycles. The largest absolute Gasteiger partial charge is 0.484 e. The monoisotopic (exact) mass is 365 g/mol. The topological polar surface area (TPSA) is 85.6 Å². The number of rotatable bonds is 6. The van der Waals surface area contributed by atoms with Gasteiger partial charge in [0.05, 0.1) is 5.69 Å². The summed E-state index contributed by atoms with van der Waals surface area (Å²) >= 11 is 0. The van der Waals surface area contributed by atoms with Crippen LogP contribution < -0.4 is 15.7 Å². The maximum absolute atomic E-state index is 12.2. The lowest BCUT2D eigenvalue weighted by atomic mass is 10.1. The molecule has 2 aromatic carbocycles. The van der Waals surface area contributed by atoms with E-state index < -0.39 is 11.5 Å². The number of nitrogens with one attached hydrogen (secondary N) is 1. The van der Waals surface area contributed by atoms with E-state index in [1.807, 2.05) is 6.92 Å². The number of amides is 1. The molecule has 0 spiro atoms. The Morgan fingerprint density at radius 1 is 1.11 bits per heavy atom. The third kappa shape index (κ3) is 4.23. The molecule has 1 amide bonds. The Kier molecular flexibility index (Phi) is 5.35. The van der Waals surface area contributed by atoms with E-state index in [-0.39, 0.29) is 12.4 Å². The van der Waals surface area contributed by atoms with Gasteiger partial charge in [0.25, 0.3) is 5.91 Å². The first-order chi connectivity index (χ1) is 13.0. The van der Waals surface area contributed by atoms with E-state index >= 15 is 0 Å². The number of carbonyl (C=O) groups is 2. The highest BCUT2D eigenvalue weighted by Crippen LogP contribution is 2.23. The number of ketones is 1. The number of benzene rings is 2. The molecule has 138 valence electrons. The number of carbonyl (C=O) groups excluding carboxylic acids is 2. The molecule has 6 heteroatoms. The summed E-state index contributed by atoms with van der Waals surface area (Å²) in [5.74, 6) is -0.121. The summed E-state index contributed by atoms with van der Waals surface area (Å²) in [6.45, 7) is 3.16. The first-order valence-electron chi connectivity index (χ1n) is 8.57. The van der Waals surface area contributed by atoms with Crippen molar-refractivity contribution in [3.63, 3.8) is 0 Å². The molecule has 0 unspecified atom stereocenters. The second-order valence-corrected chi connectivity index (χ2v) is 6.04. The van der Waals surface area contributed by atoms with Gasteiger partial charge in [0, 0.05) is 23.1 Å². The van der Waals surface area contributed by atoms with Gasteiger partial charge in [0.15, 0.2) is 12.4 Å². The van der Waals surface area contributed by atoms with Gasteiger partial charge in [0.2, 0.25) is 0 Å². The van der Waals surface area contributed by atoms with Crippen molar-refractivity contribution in [2.45, 2.75) is 20.3 Å². The van der Waals surface area contributed by atoms with E-state index in [1.54, 1.807) is 42.5 Å². The Morgan fingerprint density at radius 2 is 1.89 bits per heavy atom. The van der Waals surface area contributed by atoms with E-state index in [0.29, 0.717) is 29.0 Å². The maximum atomic E-state index is 12.2. The molecule has 27 heavy (non-hydrogen) atoms. The quantitative estimate of drug-likeness (QED) is 0.533. The minimum atomic E-state index is -0.421. The van der Waals surface area contributed by atoms with Crippen molar-refractivity contribution in [1.82, 2.24) is 0 Å². The number of ether oxygens (including phenoxy) is 1. The minimum absolute atomic E-state index is 0.136. The summed E-state index contributed by atoms with van der Waals surface area (Å²) in [5, 5.41) is 3.51. The van der Waals surface area contributed by atoms with Gasteiger partial charge in [0.1, 0.15) is 11.3 Å². The van der Waals surface area contributed by atoms with Crippen LogP contribution in [0.4, 0.5) is 5.69 Å². The molecule has 3 rings (SSSR count). The molecule has 1 aromatic heterocycles. The third-order valence-electron chi connectivity index (χ3n) is 4.13. The molecule has 3 aromatic rings. The van der Waals surface area contributed by atoms with Crippen LogP contribution in [0.5, 0.6) is 5.75 Å². The number of hydrogen-bond donors (Lipinski definition) is 1. The zero-order valence-corrected chi connectivity index (χ0v) is 15.1. The Balaban J connectivity index is 1.72. The van der Waals surface area contributed by atoms with E-state index in [2.05, 4.69) is 5.32 Å². The molecule has 1 N–H and O–H groups in total. The lowest BCUT2D eigenvalue weighted by Gasteiger charge is -2.10. The van der Waals surface area contributed by atoms with Crippen LogP contribution in [-0.4, -0.2) is 18.3 Å². The van der Waals surface area contributed by atoms with Gasteiger partial charge in [-0.25, -0.2) is 4.79 Å². The summed E-state index contributed by atoms with van der Waals surface area (Å²) in [5.41, 5.74) is 1.77. The Labute approximate surface area is 155 Å². The van der Waals surface area contributed by atoms with Crippen LogP contribution in [0, 0.1) is 0 Å². The fourth-order valence-corrected chi connectivity index (χ4v) is 2.83. The number of hydrogen-bond acceptors (Lipinski definition) is 5. The fourth-order valence-electron chi connectivity index (χ4n) is 2.83. The molecule has 0 saturated carbocycles. The van der Waals surface area contributed by atoms with E-state index in [0.717, 1.165) is 10.9 Å². The number of para-hydroxylation sites is 1. The second kappa shape index (κ2) is 7.86. The highest BCUT2D eigenvalue weighted by molar-refractivity contribution is 6.03. The van der Waals surface area contributed by atoms with Crippen LogP contribution in [-0.2, 0) is 11.2 Å². The van der Waals surface area contributed by atoms with Crippen LogP contribution >= 0.6 is 0 Å². The molecular weight excluding hydrogens is 346 g/mol. The van der Waals surface area contributed by atoms with Crippen LogP contribution in [0.25, 0.3) is 11.0 Å². The van der Waals surface area contributed by atoms with Gasteiger partial charge in [-0.15, -0.1) is 0 Å². The van der Waals surface area contributed by atoms with Crippen molar-refractivity contribution in [2.24, 2.45) is 0 Å². The van der Waals surface area contributed by atoms with Gasteiger partial charge >= 0.3 is 5.63 Å². The highest BCUT2D eigenvalue weighted by Gasteiger charge is 2.11. The molecule has 0 atom stereocenters. The number of fused-ring (bicyclic) bond motifs is 1. The number of Topliss-reactive ketones (excluding diaryl/α,β-unsaturated/α-hetero) is 1. The van der Waals surface area contributed by atoms with Gasteiger partial charge in [-0.05, 0) is 43.2 Å². The van der Waals surface area contributed by atoms with Gasteiger partial charge in [-0.1, -0.05) is 19.1 Å². The smallest absolute Gasteiger partial charge is 0.336 e. The van der Waals surface area contributed by atoms with E-state index in [1.165, 1.54) is 13.0 Å². The zero-order chi connectivity index (χ0) is 19.4. The molecular formula is C21H19NO5. The molecule has 6 nitrogen and oxygen atoms in total. The predicted octanol–water partition coefficient (Wildman–Crippen LogP) is 3.58. The Morgan fingerprint density at radius 3 is 2.63 bits per heavy atom. The molecule has 0 aliphatic carbocycles. The standard InChI is InChI=1S/C21H19NO5/c1-3-14-10-21(25)27-19-11-15(8-9-17(14)19)26-12-20(24)22-18-7-5-4-6-16(18)13(2)23/h4-11H,3,12H2,1-2H3,(H,22,24). The Hall–Kier alpha value is -3.41. The first-order valence-corrected chi connectivity index (χ1v) is 8.57. The normalized spacial score (nSPS) is 10.6. The average Bonchev–Trinajstić information content (AvgIpc) is 2.65. The maximum Gasteiger partial charge on any atom is 0.336 e. The highest BCUT2D eigenvalue weighted by atomic mass is 16.5. The van der Waals surface area contributed by atoms with Crippen LogP contribution in [0.1, 0.15) is 29.8 Å². The van der Waals surface area contributed by atoms with E-state index in [4.69, 9.17) is 9.15 Å². The fraction of sp³-hybridized carbons (Fsp3) is 0.190. The first kappa shape index (κ1) is 18.4.